The van der Waals surface area contributed by atoms with Crippen LogP contribution in [-0.4, -0.2) is 30.7 Å². The van der Waals surface area contributed by atoms with Gasteiger partial charge in [-0.3, -0.25) is 10.1 Å². The number of ether oxygens (including phenoxy) is 2. The van der Waals surface area contributed by atoms with Gasteiger partial charge in [-0.15, -0.1) is 0 Å². The minimum atomic E-state index is -0.430. The maximum absolute atomic E-state index is 11.3. The summed E-state index contributed by atoms with van der Waals surface area (Å²) >= 11 is 0. The summed E-state index contributed by atoms with van der Waals surface area (Å²) in [6.45, 7) is 5.65. The molecule has 0 radical (unpaired) electrons. The molecule has 0 saturated carbocycles. The zero-order valence-corrected chi connectivity index (χ0v) is 16.1. The molecule has 2 aromatic rings. The highest BCUT2D eigenvalue weighted by molar-refractivity contribution is 5.65. The van der Waals surface area contributed by atoms with E-state index < -0.39 is 4.92 Å². The van der Waals surface area contributed by atoms with Crippen molar-refractivity contribution in [3.05, 3.63) is 57.6 Å². The van der Waals surface area contributed by atoms with Gasteiger partial charge in [-0.1, -0.05) is 12.1 Å². The molecule has 1 heterocycles. The first kappa shape index (κ1) is 19.5. The van der Waals surface area contributed by atoms with Gasteiger partial charge in [0, 0.05) is 37.7 Å². The Bertz CT molecular complexity index is 899. The van der Waals surface area contributed by atoms with Gasteiger partial charge in [-0.2, -0.15) is 5.26 Å². The highest BCUT2D eigenvalue weighted by Gasteiger charge is 2.25. The lowest BCUT2D eigenvalue weighted by atomic mass is 10.0. The minimum absolute atomic E-state index is 0.0157. The van der Waals surface area contributed by atoms with E-state index in [1.165, 1.54) is 6.07 Å². The second-order valence-corrected chi connectivity index (χ2v) is 6.69. The molecular formula is C21H23N3O4. The number of hydrogen-bond donors (Lipinski definition) is 0. The number of rotatable bonds is 6. The monoisotopic (exact) mass is 381 g/mol. The summed E-state index contributed by atoms with van der Waals surface area (Å²) in [5.74, 6) is 1.47. The lowest BCUT2D eigenvalue weighted by molar-refractivity contribution is -0.385. The van der Waals surface area contributed by atoms with E-state index in [1.807, 2.05) is 37.3 Å². The summed E-state index contributed by atoms with van der Waals surface area (Å²) in [6.07, 6.45) is 1.61. The SMILES string of the molecule is CCOc1ccccc1OC1CCN(c2cc(C#N)cc([N+](=O)[O-])c2C)CC1. The summed E-state index contributed by atoms with van der Waals surface area (Å²) in [6, 6.07) is 12.7. The lowest BCUT2D eigenvalue weighted by Gasteiger charge is -2.34. The predicted molar refractivity (Wildman–Crippen MR) is 106 cm³/mol. The molecule has 0 unspecified atom stereocenters. The predicted octanol–water partition coefficient (Wildman–Crippen LogP) is 4.22. The van der Waals surface area contributed by atoms with Crippen LogP contribution in [0.4, 0.5) is 11.4 Å². The van der Waals surface area contributed by atoms with Crippen LogP contribution in [0, 0.1) is 28.4 Å². The van der Waals surface area contributed by atoms with Gasteiger partial charge in [0.2, 0.25) is 0 Å². The molecule has 1 saturated heterocycles. The van der Waals surface area contributed by atoms with E-state index in [9.17, 15) is 15.4 Å². The van der Waals surface area contributed by atoms with Crippen molar-refractivity contribution in [2.24, 2.45) is 0 Å². The Kier molecular flexibility index (Phi) is 5.99. The number of para-hydroxylation sites is 2. The number of piperidine rings is 1. The Morgan fingerprint density at radius 3 is 2.54 bits per heavy atom. The molecule has 1 fully saturated rings. The fraction of sp³-hybridized carbons (Fsp3) is 0.381. The van der Waals surface area contributed by atoms with E-state index in [1.54, 1.807) is 13.0 Å². The van der Waals surface area contributed by atoms with Crippen molar-refractivity contribution in [3.63, 3.8) is 0 Å². The fourth-order valence-corrected chi connectivity index (χ4v) is 3.48. The molecular weight excluding hydrogens is 358 g/mol. The van der Waals surface area contributed by atoms with E-state index in [4.69, 9.17) is 9.47 Å². The Morgan fingerprint density at radius 1 is 1.25 bits per heavy atom. The number of nitro groups is 1. The smallest absolute Gasteiger partial charge is 0.275 e. The third-order valence-electron chi connectivity index (χ3n) is 4.90. The van der Waals surface area contributed by atoms with E-state index in [-0.39, 0.29) is 11.8 Å². The van der Waals surface area contributed by atoms with E-state index in [2.05, 4.69) is 4.90 Å². The fourth-order valence-electron chi connectivity index (χ4n) is 3.48. The summed E-state index contributed by atoms with van der Waals surface area (Å²) in [7, 11) is 0. The number of nitro benzene ring substituents is 1. The van der Waals surface area contributed by atoms with Crippen LogP contribution in [0.25, 0.3) is 0 Å². The zero-order chi connectivity index (χ0) is 20.1. The Balaban J connectivity index is 1.72. The third-order valence-corrected chi connectivity index (χ3v) is 4.90. The van der Waals surface area contributed by atoms with Crippen LogP contribution < -0.4 is 14.4 Å². The molecule has 0 spiro atoms. The van der Waals surface area contributed by atoms with Crippen molar-refractivity contribution in [2.45, 2.75) is 32.8 Å². The van der Waals surface area contributed by atoms with E-state index >= 15 is 0 Å². The van der Waals surface area contributed by atoms with Crippen molar-refractivity contribution >= 4 is 11.4 Å². The second-order valence-electron chi connectivity index (χ2n) is 6.69. The average molecular weight is 381 g/mol. The van der Waals surface area contributed by atoms with Crippen molar-refractivity contribution in [3.8, 4) is 17.6 Å². The number of benzene rings is 2. The number of nitriles is 1. The molecule has 146 valence electrons. The topological polar surface area (TPSA) is 88.6 Å². The largest absolute Gasteiger partial charge is 0.490 e. The van der Waals surface area contributed by atoms with Crippen LogP contribution in [-0.2, 0) is 0 Å². The van der Waals surface area contributed by atoms with Gasteiger partial charge in [0.25, 0.3) is 5.69 Å². The molecule has 7 nitrogen and oxygen atoms in total. The highest BCUT2D eigenvalue weighted by Crippen LogP contribution is 2.34. The van der Waals surface area contributed by atoms with Gasteiger partial charge in [0.1, 0.15) is 6.10 Å². The summed E-state index contributed by atoms with van der Waals surface area (Å²) in [4.78, 5) is 13.0. The molecule has 7 heteroatoms. The molecule has 0 atom stereocenters. The molecule has 3 rings (SSSR count). The van der Waals surface area contributed by atoms with Crippen molar-refractivity contribution in [2.75, 3.05) is 24.6 Å². The van der Waals surface area contributed by atoms with Crippen LogP contribution in [0.3, 0.4) is 0 Å². The van der Waals surface area contributed by atoms with E-state index in [0.29, 0.717) is 30.8 Å². The van der Waals surface area contributed by atoms with Crippen LogP contribution in [0.15, 0.2) is 36.4 Å². The average Bonchev–Trinajstić information content (AvgIpc) is 2.70. The third kappa shape index (κ3) is 4.17. The lowest BCUT2D eigenvalue weighted by Crippen LogP contribution is -2.38. The summed E-state index contributed by atoms with van der Waals surface area (Å²) in [5, 5.41) is 20.5. The first-order valence-corrected chi connectivity index (χ1v) is 9.36. The van der Waals surface area contributed by atoms with Gasteiger partial charge in [-0.05, 0) is 32.0 Å². The van der Waals surface area contributed by atoms with Crippen LogP contribution in [0.5, 0.6) is 11.5 Å². The molecule has 1 aliphatic rings. The molecule has 0 aromatic heterocycles. The first-order valence-electron chi connectivity index (χ1n) is 9.36. The molecule has 2 aromatic carbocycles. The highest BCUT2D eigenvalue weighted by atomic mass is 16.6. The van der Waals surface area contributed by atoms with Crippen molar-refractivity contribution < 1.29 is 14.4 Å². The molecule has 0 N–H and O–H groups in total. The quantitative estimate of drug-likeness (QED) is 0.550. The van der Waals surface area contributed by atoms with Gasteiger partial charge in [0.15, 0.2) is 11.5 Å². The van der Waals surface area contributed by atoms with Crippen LogP contribution in [0.1, 0.15) is 30.9 Å². The molecule has 1 aliphatic heterocycles. The Hall–Kier alpha value is -3.27. The maximum Gasteiger partial charge on any atom is 0.275 e. The van der Waals surface area contributed by atoms with Gasteiger partial charge >= 0.3 is 0 Å². The molecule has 0 aliphatic carbocycles. The summed E-state index contributed by atoms with van der Waals surface area (Å²) in [5.41, 5.74) is 1.62. The van der Waals surface area contributed by atoms with Gasteiger partial charge < -0.3 is 14.4 Å². The number of hydrogen-bond acceptors (Lipinski definition) is 6. The Morgan fingerprint density at radius 2 is 1.93 bits per heavy atom. The maximum atomic E-state index is 11.3. The standard InChI is InChI=1S/C21H23N3O4/c1-3-27-20-6-4-5-7-21(20)28-17-8-10-23(11-9-17)18-12-16(14-22)13-19(15(18)2)24(25)26/h4-7,12-13,17H,3,8-11H2,1-2H3. The zero-order valence-electron chi connectivity index (χ0n) is 16.1. The van der Waals surface area contributed by atoms with E-state index in [0.717, 1.165) is 30.0 Å². The minimum Gasteiger partial charge on any atom is -0.490 e. The van der Waals surface area contributed by atoms with Gasteiger partial charge in [0.05, 0.1) is 28.7 Å². The number of nitrogens with zero attached hydrogens (tertiary/aromatic N) is 3. The van der Waals surface area contributed by atoms with Crippen molar-refractivity contribution in [1.82, 2.24) is 0 Å². The molecule has 0 bridgehead atoms. The molecule has 28 heavy (non-hydrogen) atoms. The Labute approximate surface area is 164 Å². The molecule has 0 amide bonds. The first-order chi connectivity index (χ1) is 13.5. The normalized spacial score (nSPS) is 14.4. The summed E-state index contributed by atoms with van der Waals surface area (Å²) < 4.78 is 11.8. The van der Waals surface area contributed by atoms with Crippen LogP contribution in [0.2, 0.25) is 0 Å². The van der Waals surface area contributed by atoms with Crippen LogP contribution >= 0.6 is 0 Å². The number of anilines is 1. The van der Waals surface area contributed by atoms with Crippen molar-refractivity contribution in [1.29, 1.82) is 5.26 Å². The van der Waals surface area contributed by atoms with Gasteiger partial charge in [-0.25, -0.2) is 0 Å². The second kappa shape index (κ2) is 8.61.